The lowest BCUT2D eigenvalue weighted by atomic mass is 10.2. The van der Waals surface area contributed by atoms with Gasteiger partial charge in [0.2, 0.25) is 0 Å². The minimum Gasteiger partial charge on any atom is -0.450 e. The summed E-state index contributed by atoms with van der Waals surface area (Å²) in [5.74, 6) is 0.426. The second-order valence-corrected chi connectivity index (χ2v) is 8.95. The normalized spacial score (nSPS) is 16.6. The molecule has 1 aliphatic rings. The largest absolute Gasteiger partial charge is 0.450 e. The minimum atomic E-state index is -0.197. The Labute approximate surface area is 182 Å². The maximum atomic E-state index is 12.3. The Balaban J connectivity index is 1.49. The van der Waals surface area contributed by atoms with Gasteiger partial charge in [0.05, 0.1) is 10.6 Å². The highest BCUT2D eigenvalue weighted by Crippen LogP contribution is 2.33. The topological polar surface area (TPSA) is 54.6 Å². The third-order valence-corrected chi connectivity index (χ3v) is 6.47. The Morgan fingerprint density at radius 3 is 2.69 bits per heavy atom. The lowest BCUT2D eigenvalue weighted by molar-refractivity contribution is -0.115. The number of benzene rings is 2. The number of hydrogen-bond acceptors (Lipinski definition) is 5. The van der Waals surface area contributed by atoms with E-state index in [2.05, 4.69) is 41.5 Å². The van der Waals surface area contributed by atoms with E-state index in [4.69, 9.17) is 16.0 Å². The molecule has 1 saturated heterocycles. The third kappa shape index (κ3) is 4.78. The Morgan fingerprint density at radius 2 is 1.90 bits per heavy atom. The molecule has 0 radical (unpaired) electrons. The van der Waals surface area contributed by atoms with Gasteiger partial charge >= 0.3 is 0 Å². The number of carbonyl (C=O) groups excluding carboxylic acids is 1. The number of thioether (sulfide) groups is 1. The van der Waals surface area contributed by atoms with Gasteiger partial charge in [0.1, 0.15) is 5.76 Å². The van der Waals surface area contributed by atoms with E-state index in [-0.39, 0.29) is 5.91 Å². The maximum absolute atomic E-state index is 12.3. The molecule has 0 bridgehead atoms. The van der Waals surface area contributed by atoms with E-state index < -0.39 is 0 Å². The second kappa shape index (κ2) is 8.53. The van der Waals surface area contributed by atoms with Crippen molar-refractivity contribution in [3.63, 3.8) is 0 Å². The van der Waals surface area contributed by atoms with Crippen LogP contribution in [0, 0.1) is 13.8 Å². The molecule has 0 spiro atoms. The molecule has 1 aromatic heterocycles. The maximum Gasteiger partial charge on any atom is 0.264 e. The number of aliphatic imine (C=N–C) groups is 1. The van der Waals surface area contributed by atoms with Crippen molar-refractivity contribution in [1.82, 2.24) is 5.32 Å². The molecule has 2 heterocycles. The zero-order chi connectivity index (χ0) is 20.4. The fourth-order valence-electron chi connectivity index (χ4n) is 2.63. The molecular formula is C22H17ClN2O2S2. The van der Waals surface area contributed by atoms with Crippen LogP contribution in [-0.2, 0) is 4.79 Å². The van der Waals surface area contributed by atoms with Gasteiger partial charge in [-0.1, -0.05) is 47.1 Å². The van der Waals surface area contributed by atoms with Crippen LogP contribution in [0.3, 0.4) is 0 Å². The Hall–Kier alpha value is -2.41. The molecular weight excluding hydrogens is 424 g/mol. The lowest BCUT2D eigenvalue weighted by Crippen LogP contribution is -2.19. The molecule has 1 fully saturated rings. The number of nitrogens with one attached hydrogen (secondary N) is 1. The molecule has 4 rings (SSSR count). The fraction of sp³-hybridized carbons (Fsp3) is 0.0909. The van der Waals surface area contributed by atoms with E-state index in [0.717, 1.165) is 21.2 Å². The second-order valence-electron chi connectivity index (χ2n) is 6.44. The van der Waals surface area contributed by atoms with Gasteiger partial charge in [-0.3, -0.25) is 4.79 Å². The summed E-state index contributed by atoms with van der Waals surface area (Å²) >= 11 is 8.96. The molecule has 0 unspecified atom stereocenters. The molecule has 0 atom stereocenters. The summed E-state index contributed by atoms with van der Waals surface area (Å²) in [7, 11) is 0. The van der Waals surface area contributed by atoms with E-state index >= 15 is 0 Å². The first-order valence-corrected chi connectivity index (χ1v) is 10.9. The molecule has 0 saturated carbocycles. The van der Waals surface area contributed by atoms with Gasteiger partial charge < -0.3 is 9.73 Å². The van der Waals surface area contributed by atoms with E-state index in [1.807, 2.05) is 37.3 Å². The van der Waals surface area contributed by atoms with Crippen LogP contribution in [0.25, 0.3) is 6.08 Å². The van der Waals surface area contributed by atoms with Gasteiger partial charge in [-0.2, -0.15) is 0 Å². The van der Waals surface area contributed by atoms with Gasteiger partial charge in [-0.15, -0.1) is 0 Å². The SMILES string of the molecule is Cc1ccc(Sc2ccc(/C=C3\SC(=Nc4cccc(Cl)c4C)NC3=O)o2)cc1. The minimum absolute atomic E-state index is 0.197. The predicted molar refractivity (Wildman–Crippen MR) is 121 cm³/mol. The summed E-state index contributed by atoms with van der Waals surface area (Å²) in [5, 5.41) is 4.72. The number of rotatable bonds is 4. The highest BCUT2D eigenvalue weighted by molar-refractivity contribution is 8.18. The van der Waals surface area contributed by atoms with Crippen molar-refractivity contribution in [2.24, 2.45) is 4.99 Å². The van der Waals surface area contributed by atoms with Crippen LogP contribution < -0.4 is 5.32 Å². The number of furan rings is 1. The van der Waals surface area contributed by atoms with E-state index in [1.165, 1.54) is 17.3 Å². The van der Waals surface area contributed by atoms with Crippen molar-refractivity contribution in [2.45, 2.75) is 23.8 Å². The molecule has 0 aliphatic carbocycles. The number of aryl methyl sites for hydroxylation is 1. The number of nitrogens with zero attached hydrogens (tertiary/aromatic N) is 1. The summed E-state index contributed by atoms with van der Waals surface area (Å²) in [6, 6.07) is 17.5. The van der Waals surface area contributed by atoms with E-state index in [0.29, 0.717) is 20.9 Å². The van der Waals surface area contributed by atoms with Gasteiger partial charge in [-0.05, 0) is 67.6 Å². The molecule has 2 aromatic carbocycles. The molecule has 4 nitrogen and oxygen atoms in total. The van der Waals surface area contributed by atoms with Crippen molar-refractivity contribution in [3.05, 3.63) is 81.4 Å². The predicted octanol–water partition coefficient (Wildman–Crippen LogP) is 6.59. The summed E-state index contributed by atoms with van der Waals surface area (Å²) < 4.78 is 5.85. The number of halogens is 1. The molecule has 146 valence electrons. The quantitative estimate of drug-likeness (QED) is 0.465. The summed E-state index contributed by atoms with van der Waals surface area (Å²) in [6.45, 7) is 3.96. The molecule has 1 amide bonds. The van der Waals surface area contributed by atoms with Crippen molar-refractivity contribution in [3.8, 4) is 0 Å². The van der Waals surface area contributed by atoms with Gasteiger partial charge in [0.25, 0.3) is 5.91 Å². The first-order valence-electron chi connectivity index (χ1n) is 8.87. The van der Waals surface area contributed by atoms with Crippen LogP contribution in [0.2, 0.25) is 5.02 Å². The number of carbonyl (C=O) groups is 1. The van der Waals surface area contributed by atoms with Crippen LogP contribution >= 0.6 is 35.1 Å². The van der Waals surface area contributed by atoms with Crippen molar-refractivity contribution < 1.29 is 9.21 Å². The third-order valence-electron chi connectivity index (χ3n) is 4.23. The van der Waals surface area contributed by atoms with Crippen LogP contribution in [0.5, 0.6) is 0 Å². The Morgan fingerprint density at radius 1 is 1.10 bits per heavy atom. The first kappa shape index (κ1) is 19.9. The average Bonchev–Trinajstić information content (AvgIpc) is 3.27. The standard InChI is InChI=1S/C22H17ClN2O2S2/c1-13-6-9-16(10-7-13)28-20-11-8-15(27-20)12-19-21(26)25-22(29-19)24-18-5-3-4-17(23)14(18)2/h3-12H,1-2H3,(H,24,25,26)/b19-12-. The van der Waals surface area contributed by atoms with Gasteiger partial charge in [0, 0.05) is 16.0 Å². The van der Waals surface area contributed by atoms with Crippen LogP contribution in [0.15, 0.2) is 78.9 Å². The van der Waals surface area contributed by atoms with E-state index in [1.54, 1.807) is 17.8 Å². The molecule has 7 heteroatoms. The number of hydrogen-bond donors (Lipinski definition) is 1. The molecule has 1 N–H and O–H groups in total. The van der Waals surface area contributed by atoms with Gasteiger partial charge in [-0.25, -0.2) is 4.99 Å². The first-order chi connectivity index (χ1) is 14.0. The highest BCUT2D eigenvalue weighted by Gasteiger charge is 2.24. The Kier molecular flexibility index (Phi) is 5.85. The zero-order valence-corrected chi connectivity index (χ0v) is 18.1. The van der Waals surface area contributed by atoms with E-state index in [9.17, 15) is 4.79 Å². The zero-order valence-electron chi connectivity index (χ0n) is 15.7. The molecule has 29 heavy (non-hydrogen) atoms. The molecule has 3 aromatic rings. The average molecular weight is 441 g/mol. The van der Waals surface area contributed by atoms with Crippen LogP contribution in [0.4, 0.5) is 5.69 Å². The molecule has 1 aliphatic heterocycles. The van der Waals surface area contributed by atoms with Gasteiger partial charge in [0.15, 0.2) is 10.3 Å². The highest BCUT2D eigenvalue weighted by atomic mass is 35.5. The smallest absolute Gasteiger partial charge is 0.264 e. The summed E-state index contributed by atoms with van der Waals surface area (Å²) in [4.78, 5) is 18.5. The van der Waals surface area contributed by atoms with Crippen molar-refractivity contribution >= 4 is 58.0 Å². The van der Waals surface area contributed by atoms with Crippen LogP contribution in [0.1, 0.15) is 16.9 Å². The van der Waals surface area contributed by atoms with Crippen molar-refractivity contribution in [2.75, 3.05) is 0 Å². The van der Waals surface area contributed by atoms with Crippen molar-refractivity contribution in [1.29, 1.82) is 0 Å². The number of amidine groups is 1. The summed E-state index contributed by atoms with van der Waals surface area (Å²) in [5.41, 5.74) is 2.82. The summed E-state index contributed by atoms with van der Waals surface area (Å²) in [6.07, 6.45) is 1.73. The monoisotopic (exact) mass is 440 g/mol. The fourth-order valence-corrected chi connectivity index (χ4v) is 4.39. The number of amides is 1. The lowest BCUT2D eigenvalue weighted by Gasteiger charge is -2.02. The van der Waals surface area contributed by atoms with Crippen LogP contribution in [-0.4, -0.2) is 11.1 Å². The Bertz CT molecular complexity index is 1130.